The first-order chi connectivity index (χ1) is 11.7. The van der Waals surface area contributed by atoms with Crippen molar-refractivity contribution >= 4 is 17.9 Å². The third kappa shape index (κ3) is 6.21. The molecule has 2 aromatic heterocycles. The highest BCUT2D eigenvalue weighted by Crippen LogP contribution is 2.09. The van der Waals surface area contributed by atoms with Crippen LogP contribution in [0.15, 0.2) is 30.7 Å². The Morgan fingerprint density at radius 2 is 2.04 bits per heavy atom. The molecule has 0 aromatic carbocycles. The van der Waals surface area contributed by atoms with E-state index in [4.69, 9.17) is 4.74 Å². The summed E-state index contributed by atoms with van der Waals surface area (Å²) in [6.07, 6.45) is 2.62. The van der Waals surface area contributed by atoms with Gasteiger partial charge in [-0.25, -0.2) is 14.5 Å². The van der Waals surface area contributed by atoms with E-state index in [1.807, 2.05) is 18.2 Å². The fraction of sp³-hybridized carbons (Fsp3) is 0.438. The third-order valence-electron chi connectivity index (χ3n) is 2.92. The number of nitrogens with one attached hydrogen (secondary N) is 1. The monoisotopic (exact) mass is 346 g/mol. The first-order valence-corrected chi connectivity index (χ1v) is 7.76. The molecular formula is C16H22N6O3. The van der Waals surface area contributed by atoms with E-state index in [0.29, 0.717) is 6.54 Å². The molecule has 9 heteroatoms. The van der Waals surface area contributed by atoms with Crippen LogP contribution in [0, 0.1) is 0 Å². The van der Waals surface area contributed by atoms with E-state index in [1.54, 1.807) is 31.6 Å². The van der Waals surface area contributed by atoms with Crippen LogP contribution in [0.1, 0.15) is 26.5 Å². The highest BCUT2D eigenvalue weighted by atomic mass is 16.6. The fourth-order valence-electron chi connectivity index (χ4n) is 1.87. The van der Waals surface area contributed by atoms with Crippen molar-refractivity contribution in [2.24, 2.45) is 0 Å². The van der Waals surface area contributed by atoms with Crippen LogP contribution in [0.2, 0.25) is 0 Å². The zero-order valence-corrected chi connectivity index (χ0v) is 14.8. The minimum Gasteiger partial charge on any atom is -0.444 e. The van der Waals surface area contributed by atoms with Gasteiger partial charge >= 0.3 is 6.09 Å². The lowest BCUT2D eigenvalue weighted by molar-refractivity contribution is -0.117. The van der Waals surface area contributed by atoms with E-state index in [2.05, 4.69) is 20.4 Å². The van der Waals surface area contributed by atoms with E-state index < -0.39 is 17.6 Å². The molecule has 2 heterocycles. The van der Waals surface area contributed by atoms with Crippen LogP contribution in [-0.2, 0) is 16.1 Å². The van der Waals surface area contributed by atoms with Crippen molar-refractivity contribution < 1.29 is 14.3 Å². The molecule has 0 saturated heterocycles. The summed E-state index contributed by atoms with van der Waals surface area (Å²) in [6.45, 7) is 5.57. The van der Waals surface area contributed by atoms with Gasteiger partial charge in [0, 0.05) is 13.2 Å². The van der Waals surface area contributed by atoms with Crippen LogP contribution in [0.4, 0.5) is 10.7 Å². The molecule has 0 radical (unpaired) electrons. The SMILES string of the molecule is CN(CC(=O)Nc1ncn(Cc2ccccn2)n1)C(=O)OC(C)(C)C. The van der Waals surface area contributed by atoms with Gasteiger partial charge in [-0.05, 0) is 32.9 Å². The maximum absolute atomic E-state index is 12.0. The molecule has 1 N–H and O–H groups in total. The Kier molecular flexibility index (Phi) is 5.68. The van der Waals surface area contributed by atoms with Gasteiger partial charge in [0.05, 0.1) is 12.2 Å². The molecule has 0 aliphatic heterocycles. The molecule has 134 valence electrons. The summed E-state index contributed by atoms with van der Waals surface area (Å²) in [5.74, 6) is -0.248. The Labute approximate surface area is 146 Å². The molecule has 0 unspecified atom stereocenters. The van der Waals surface area contributed by atoms with Crippen LogP contribution in [0.25, 0.3) is 0 Å². The van der Waals surface area contributed by atoms with Gasteiger partial charge in [-0.15, -0.1) is 5.10 Å². The fourth-order valence-corrected chi connectivity index (χ4v) is 1.87. The molecule has 9 nitrogen and oxygen atoms in total. The number of pyridine rings is 1. The van der Waals surface area contributed by atoms with Gasteiger partial charge in [0.1, 0.15) is 18.5 Å². The molecule has 0 fully saturated rings. The largest absolute Gasteiger partial charge is 0.444 e. The quantitative estimate of drug-likeness (QED) is 0.881. The van der Waals surface area contributed by atoms with Crippen molar-refractivity contribution in [3.8, 4) is 0 Å². The number of nitrogens with zero attached hydrogens (tertiary/aromatic N) is 5. The molecule has 0 bridgehead atoms. The Bertz CT molecular complexity index is 723. The zero-order valence-electron chi connectivity index (χ0n) is 14.8. The van der Waals surface area contributed by atoms with Crippen molar-refractivity contribution in [2.45, 2.75) is 32.9 Å². The smallest absolute Gasteiger partial charge is 0.410 e. The van der Waals surface area contributed by atoms with E-state index in [-0.39, 0.29) is 12.5 Å². The number of carbonyl (C=O) groups is 2. The Hall–Kier alpha value is -2.97. The molecule has 0 atom stereocenters. The molecule has 0 saturated carbocycles. The first kappa shape index (κ1) is 18.4. The van der Waals surface area contributed by atoms with E-state index in [0.717, 1.165) is 5.69 Å². The average Bonchev–Trinajstić information content (AvgIpc) is 2.93. The molecule has 0 aliphatic carbocycles. The Morgan fingerprint density at radius 3 is 2.68 bits per heavy atom. The number of likely N-dealkylation sites (N-methyl/N-ethyl adjacent to an activating group) is 1. The maximum atomic E-state index is 12.0. The van der Waals surface area contributed by atoms with Crippen molar-refractivity contribution in [3.63, 3.8) is 0 Å². The van der Waals surface area contributed by atoms with Crippen LogP contribution in [0.3, 0.4) is 0 Å². The number of hydrogen-bond donors (Lipinski definition) is 1. The van der Waals surface area contributed by atoms with Gasteiger partial charge in [-0.3, -0.25) is 15.1 Å². The van der Waals surface area contributed by atoms with Crippen LogP contribution in [0.5, 0.6) is 0 Å². The summed E-state index contributed by atoms with van der Waals surface area (Å²) in [6, 6.07) is 5.59. The molecule has 0 aliphatic rings. The van der Waals surface area contributed by atoms with Crippen LogP contribution < -0.4 is 5.32 Å². The number of carbonyl (C=O) groups excluding carboxylic acids is 2. The van der Waals surface area contributed by atoms with Gasteiger partial charge in [0.15, 0.2) is 0 Å². The number of anilines is 1. The number of rotatable bonds is 5. The lowest BCUT2D eigenvalue weighted by Crippen LogP contribution is -2.38. The highest BCUT2D eigenvalue weighted by Gasteiger charge is 2.21. The first-order valence-electron chi connectivity index (χ1n) is 7.76. The Balaban J connectivity index is 1.85. The predicted octanol–water partition coefficient (Wildman–Crippen LogP) is 1.53. The summed E-state index contributed by atoms with van der Waals surface area (Å²) >= 11 is 0. The molecule has 25 heavy (non-hydrogen) atoms. The lowest BCUT2D eigenvalue weighted by atomic mass is 10.2. The minimum atomic E-state index is -0.617. The summed E-state index contributed by atoms with van der Waals surface area (Å²) in [7, 11) is 1.49. The standard InChI is InChI=1S/C16H22N6O3/c1-16(2,3)25-15(24)21(4)10-13(23)19-14-18-11-22(20-14)9-12-7-5-6-8-17-12/h5-8,11H,9-10H2,1-4H3,(H,19,20,23). The second-order valence-corrected chi connectivity index (χ2v) is 6.47. The number of ether oxygens (including phenoxy) is 1. The summed E-state index contributed by atoms with van der Waals surface area (Å²) in [5, 5.41) is 6.70. The minimum absolute atomic E-state index is 0.163. The second-order valence-electron chi connectivity index (χ2n) is 6.47. The van der Waals surface area contributed by atoms with E-state index in [9.17, 15) is 9.59 Å². The summed E-state index contributed by atoms with van der Waals surface area (Å²) in [4.78, 5) is 33.2. The molecule has 2 rings (SSSR count). The number of aromatic nitrogens is 4. The number of hydrogen-bond acceptors (Lipinski definition) is 6. The van der Waals surface area contributed by atoms with Gasteiger partial charge in [0.25, 0.3) is 0 Å². The van der Waals surface area contributed by atoms with Gasteiger partial charge in [0.2, 0.25) is 11.9 Å². The second kappa shape index (κ2) is 7.73. The lowest BCUT2D eigenvalue weighted by Gasteiger charge is -2.24. The molecule has 2 aromatic rings. The van der Waals surface area contributed by atoms with Crippen molar-refractivity contribution in [2.75, 3.05) is 18.9 Å². The predicted molar refractivity (Wildman–Crippen MR) is 90.9 cm³/mol. The van der Waals surface area contributed by atoms with Gasteiger partial charge in [-0.1, -0.05) is 6.07 Å². The van der Waals surface area contributed by atoms with Crippen molar-refractivity contribution in [1.82, 2.24) is 24.6 Å². The van der Waals surface area contributed by atoms with Crippen molar-refractivity contribution in [1.29, 1.82) is 0 Å². The normalized spacial score (nSPS) is 11.0. The highest BCUT2D eigenvalue weighted by molar-refractivity contribution is 5.92. The zero-order chi connectivity index (χ0) is 18.4. The maximum Gasteiger partial charge on any atom is 0.410 e. The van der Waals surface area contributed by atoms with E-state index >= 15 is 0 Å². The van der Waals surface area contributed by atoms with Crippen LogP contribution >= 0.6 is 0 Å². The van der Waals surface area contributed by atoms with E-state index in [1.165, 1.54) is 18.3 Å². The third-order valence-corrected chi connectivity index (χ3v) is 2.92. The summed E-state index contributed by atoms with van der Waals surface area (Å²) < 4.78 is 6.75. The topological polar surface area (TPSA) is 102 Å². The van der Waals surface area contributed by atoms with Gasteiger partial charge < -0.3 is 9.64 Å². The van der Waals surface area contributed by atoms with Gasteiger partial charge in [-0.2, -0.15) is 0 Å². The molecule has 0 spiro atoms. The molecular weight excluding hydrogens is 324 g/mol. The summed E-state index contributed by atoms with van der Waals surface area (Å²) in [5.41, 5.74) is 0.211. The molecule has 2 amide bonds. The number of amides is 2. The Morgan fingerprint density at radius 1 is 1.28 bits per heavy atom. The van der Waals surface area contributed by atoms with Crippen molar-refractivity contribution in [3.05, 3.63) is 36.4 Å². The average molecular weight is 346 g/mol. The van der Waals surface area contributed by atoms with Crippen LogP contribution in [-0.4, -0.2) is 55.8 Å².